The van der Waals surface area contributed by atoms with E-state index in [1.807, 2.05) is 0 Å². The smallest absolute Gasteiger partial charge is 0.323 e. The van der Waals surface area contributed by atoms with Crippen molar-refractivity contribution in [3.8, 4) is 0 Å². The maximum Gasteiger partial charge on any atom is 0.323 e. The van der Waals surface area contributed by atoms with Crippen LogP contribution in [0.5, 0.6) is 0 Å². The first-order valence-electron chi connectivity index (χ1n) is 5.92. The summed E-state index contributed by atoms with van der Waals surface area (Å²) in [7, 11) is 0. The molecule has 6 heteroatoms. The van der Waals surface area contributed by atoms with Gasteiger partial charge in [-0.2, -0.15) is 0 Å². The summed E-state index contributed by atoms with van der Waals surface area (Å²) < 4.78 is 6.75. The van der Waals surface area contributed by atoms with E-state index in [4.69, 9.17) is 9.84 Å². The standard InChI is InChI=1S/C12H16N2O4/c15-11(16)9-14-4-1-3-10(14)12(17)13-5-2-7-18-8-6-13/h1,3-4H,2,5-9H2,(H,15,16). The molecule has 1 aromatic rings. The Morgan fingerprint density at radius 1 is 1.33 bits per heavy atom. The van der Waals surface area contributed by atoms with E-state index >= 15 is 0 Å². The van der Waals surface area contributed by atoms with Crippen molar-refractivity contribution in [2.75, 3.05) is 26.3 Å². The highest BCUT2D eigenvalue weighted by Crippen LogP contribution is 2.09. The first-order chi connectivity index (χ1) is 8.68. The van der Waals surface area contributed by atoms with Gasteiger partial charge in [0.05, 0.1) is 6.61 Å². The van der Waals surface area contributed by atoms with Gasteiger partial charge in [0.2, 0.25) is 0 Å². The van der Waals surface area contributed by atoms with E-state index in [1.165, 1.54) is 4.57 Å². The topological polar surface area (TPSA) is 71.8 Å². The first kappa shape index (κ1) is 12.6. The summed E-state index contributed by atoms with van der Waals surface area (Å²) in [5.41, 5.74) is 0.416. The SMILES string of the molecule is O=C(O)Cn1cccc1C(=O)N1CCCOCC1. The summed E-state index contributed by atoms with van der Waals surface area (Å²) >= 11 is 0. The minimum Gasteiger partial charge on any atom is -0.480 e. The molecule has 1 aliphatic heterocycles. The van der Waals surface area contributed by atoms with Gasteiger partial charge < -0.3 is 19.3 Å². The van der Waals surface area contributed by atoms with Gasteiger partial charge in [-0.3, -0.25) is 9.59 Å². The summed E-state index contributed by atoms with van der Waals surface area (Å²) in [5, 5.41) is 8.78. The Hall–Kier alpha value is -1.82. The molecule has 1 fully saturated rings. The van der Waals surface area contributed by atoms with Crippen molar-refractivity contribution in [1.82, 2.24) is 9.47 Å². The molecule has 0 bridgehead atoms. The highest BCUT2D eigenvalue weighted by Gasteiger charge is 2.20. The van der Waals surface area contributed by atoms with Crippen LogP contribution in [-0.2, 0) is 16.1 Å². The maximum absolute atomic E-state index is 12.3. The van der Waals surface area contributed by atoms with Gasteiger partial charge in [-0.25, -0.2) is 0 Å². The average molecular weight is 252 g/mol. The maximum atomic E-state index is 12.3. The number of ether oxygens (including phenoxy) is 1. The molecule has 2 heterocycles. The number of amides is 1. The number of hydrogen-bond acceptors (Lipinski definition) is 3. The molecule has 98 valence electrons. The zero-order valence-corrected chi connectivity index (χ0v) is 10.0. The third kappa shape index (κ3) is 2.89. The summed E-state index contributed by atoms with van der Waals surface area (Å²) in [4.78, 5) is 24.7. The Morgan fingerprint density at radius 3 is 2.94 bits per heavy atom. The zero-order chi connectivity index (χ0) is 13.0. The largest absolute Gasteiger partial charge is 0.480 e. The number of hydrogen-bond donors (Lipinski definition) is 1. The van der Waals surface area contributed by atoms with Gasteiger partial charge in [0, 0.05) is 25.9 Å². The summed E-state index contributed by atoms with van der Waals surface area (Å²) in [5.74, 6) is -1.09. The van der Waals surface area contributed by atoms with Crippen LogP contribution in [0.1, 0.15) is 16.9 Å². The van der Waals surface area contributed by atoms with E-state index in [9.17, 15) is 9.59 Å². The Kier molecular flexibility index (Phi) is 3.99. The molecule has 0 unspecified atom stereocenters. The van der Waals surface area contributed by atoms with Crippen LogP contribution < -0.4 is 0 Å². The van der Waals surface area contributed by atoms with Crippen LogP contribution in [0.25, 0.3) is 0 Å². The van der Waals surface area contributed by atoms with Gasteiger partial charge in [-0.05, 0) is 18.6 Å². The third-order valence-corrected chi connectivity index (χ3v) is 2.86. The van der Waals surface area contributed by atoms with E-state index in [0.29, 0.717) is 32.0 Å². The lowest BCUT2D eigenvalue weighted by Gasteiger charge is -2.20. The first-order valence-corrected chi connectivity index (χ1v) is 5.92. The predicted molar refractivity (Wildman–Crippen MR) is 63.4 cm³/mol. The number of aliphatic carboxylic acids is 1. The summed E-state index contributed by atoms with van der Waals surface area (Å²) in [6.07, 6.45) is 2.42. The number of carbonyl (C=O) groups excluding carboxylic acids is 1. The molecular formula is C12H16N2O4. The number of nitrogens with zero attached hydrogens (tertiary/aromatic N) is 2. The number of aromatic nitrogens is 1. The Bertz CT molecular complexity index is 433. The number of rotatable bonds is 3. The van der Waals surface area contributed by atoms with E-state index in [-0.39, 0.29) is 12.5 Å². The molecule has 0 saturated carbocycles. The highest BCUT2D eigenvalue weighted by atomic mass is 16.5. The van der Waals surface area contributed by atoms with E-state index < -0.39 is 5.97 Å². The van der Waals surface area contributed by atoms with Crippen LogP contribution >= 0.6 is 0 Å². The van der Waals surface area contributed by atoms with Crippen molar-refractivity contribution in [2.45, 2.75) is 13.0 Å². The van der Waals surface area contributed by atoms with Gasteiger partial charge >= 0.3 is 5.97 Å². The number of carbonyl (C=O) groups is 2. The molecule has 1 aromatic heterocycles. The second kappa shape index (κ2) is 5.68. The number of carboxylic acids is 1. The average Bonchev–Trinajstić information content (AvgIpc) is 2.63. The van der Waals surface area contributed by atoms with Crippen LogP contribution in [-0.4, -0.2) is 52.8 Å². The lowest BCUT2D eigenvalue weighted by Crippen LogP contribution is -2.34. The van der Waals surface area contributed by atoms with Crippen LogP contribution in [0.15, 0.2) is 18.3 Å². The molecule has 0 aliphatic carbocycles. The third-order valence-electron chi connectivity index (χ3n) is 2.86. The molecule has 2 rings (SSSR count). The molecule has 1 amide bonds. The highest BCUT2D eigenvalue weighted by molar-refractivity contribution is 5.93. The minimum atomic E-state index is -0.959. The fourth-order valence-corrected chi connectivity index (χ4v) is 2.00. The minimum absolute atomic E-state index is 0.133. The molecule has 6 nitrogen and oxygen atoms in total. The van der Waals surface area contributed by atoms with Crippen LogP contribution in [0.4, 0.5) is 0 Å². The van der Waals surface area contributed by atoms with Crippen LogP contribution in [0.2, 0.25) is 0 Å². The molecule has 0 atom stereocenters. The Morgan fingerprint density at radius 2 is 2.17 bits per heavy atom. The summed E-state index contributed by atoms with van der Waals surface area (Å²) in [6.45, 7) is 2.21. The van der Waals surface area contributed by atoms with E-state index in [0.717, 1.165) is 6.42 Å². The Labute approximate surface area is 105 Å². The van der Waals surface area contributed by atoms with Gasteiger partial charge in [0.15, 0.2) is 0 Å². The fourth-order valence-electron chi connectivity index (χ4n) is 2.00. The van der Waals surface area contributed by atoms with Crippen LogP contribution in [0.3, 0.4) is 0 Å². The van der Waals surface area contributed by atoms with E-state index in [2.05, 4.69) is 0 Å². The van der Waals surface area contributed by atoms with Crippen molar-refractivity contribution >= 4 is 11.9 Å². The number of carboxylic acid groups (broad SMARTS) is 1. The molecule has 0 aromatic carbocycles. The van der Waals surface area contributed by atoms with Crippen molar-refractivity contribution in [2.24, 2.45) is 0 Å². The van der Waals surface area contributed by atoms with Gasteiger partial charge in [0.25, 0.3) is 5.91 Å². The monoisotopic (exact) mass is 252 g/mol. The van der Waals surface area contributed by atoms with Crippen molar-refractivity contribution in [3.05, 3.63) is 24.0 Å². The lowest BCUT2D eigenvalue weighted by atomic mass is 10.3. The van der Waals surface area contributed by atoms with Crippen molar-refractivity contribution in [3.63, 3.8) is 0 Å². The van der Waals surface area contributed by atoms with Gasteiger partial charge in [0.1, 0.15) is 12.2 Å². The molecule has 18 heavy (non-hydrogen) atoms. The molecule has 0 spiro atoms. The molecular weight excluding hydrogens is 236 g/mol. The quantitative estimate of drug-likeness (QED) is 0.847. The summed E-state index contributed by atoms with van der Waals surface area (Å²) in [6, 6.07) is 3.33. The molecule has 1 aliphatic rings. The van der Waals surface area contributed by atoms with E-state index in [1.54, 1.807) is 23.2 Å². The van der Waals surface area contributed by atoms with Crippen molar-refractivity contribution in [1.29, 1.82) is 0 Å². The second-order valence-electron chi connectivity index (χ2n) is 4.17. The Balaban J connectivity index is 2.12. The molecule has 1 saturated heterocycles. The fraction of sp³-hybridized carbons (Fsp3) is 0.500. The lowest BCUT2D eigenvalue weighted by molar-refractivity contribution is -0.137. The predicted octanol–water partition coefficient (Wildman–Crippen LogP) is 0.435. The van der Waals surface area contributed by atoms with Gasteiger partial charge in [-0.15, -0.1) is 0 Å². The van der Waals surface area contributed by atoms with Gasteiger partial charge in [-0.1, -0.05) is 0 Å². The normalized spacial score (nSPS) is 16.3. The second-order valence-corrected chi connectivity index (χ2v) is 4.17. The molecule has 1 N–H and O–H groups in total. The van der Waals surface area contributed by atoms with Crippen molar-refractivity contribution < 1.29 is 19.4 Å². The zero-order valence-electron chi connectivity index (χ0n) is 10.0. The molecule has 0 radical (unpaired) electrons. The van der Waals surface area contributed by atoms with Crippen LogP contribution in [0, 0.1) is 0 Å².